The Morgan fingerprint density at radius 1 is 1.25 bits per heavy atom. The predicted octanol–water partition coefficient (Wildman–Crippen LogP) is 1.21. The summed E-state index contributed by atoms with van der Waals surface area (Å²) >= 11 is 11.9. The first-order valence-electron chi connectivity index (χ1n) is 6.41. The zero-order chi connectivity index (χ0) is 18.1. The van der Waals surface area contributed by atoms with Gasteiger partial charge >= 0.3 is 17.8 Å². The zero-order valence-corrected chi connectivity index (χ0v) is 13.7. The van der Waals surface area contributed by atoms with Gasteiger partial charge in [0.25, 0.3) is 0 Å². The van der Waals surface area contributed by atoms with Gasteiger partial charge in [-0.1, -0.05) is 29.3 Å². The largest absolute Gasteiger partial charge is 0.479 e. The van der Waals surface area contributed by atoms with E-state index in [1.165, 1.54) is 24.4 Å². The van der Waals surface area contributed by atoms with Crippen molar-refractivity contribution in [3.8, 4) is 5.75 Å². The van der Waals surface area contributed by atoms with Crippen molar-refractivity contribution in [1.29, 1.82) is 0 Å². The summed E-state index contributed by atoms with van der Waals surface area (Å²) in [6, 6.07) is 2.80. The van der Waals surface area contributed by atoms with Gasteiger partial charge in [0, 0.05) is 6.54 Å². The number of carboxylic acids is 1. The van der Waals surface area contributed by atoms with Gasteiger partial charge in [0.15, 0.2) is 12.4 Å². The first-order chi connectivity index (χ1) is 11.3. The van der Waals surface area contributed by atoms with Crippen molar-refractivity contribution in [2.24, 2.45) is 5.10 Å². The second kappa shape index (κ2) is 9.53. The van der Waals surface area contributed by atoms with E-state index in [0.29, 0.717) is 5.56 Å². The maximum absolute atomic E-state index is 11.4. The first kappa shape index (κ1) is 19.5. The molecule has 0 radical (unpaired) electrons. The highest BCUT2D eigenvalue weighted by Gasteiger charge is 2.12. The molecule has 24 heavy (non-hydrogen) atoms. The van der Waals surface area contributed by atoms with Crippen molar-refractivity contribution < 1.29 is 24.2 Å². The van der Waals surface area contributed by atoms with Gasteiger partial charge in [-0.3, -0.25) is 9.59 Å². The molecule has 1 aromatic rings. The van der Waals surface area contributed by atoms with E-state index in [-0.39, 0.29) is 22.3 Å². The second-order valence-electron chi connectivity index (χ2n) is 4.19. The third-order valence-electron chi connectivity index (χ3n) is 2.35. The Kier molecular flexibility index (Phi) is 7.73. The van der Waals surface area contributed by atoms with Crippen LogP contribution >= 0.6 is 23.2 Å². The van der Waals surface area contributed by atoms with Gasteiger partial charge in [0.1, 0.15) is 0 Å². The number of nitrogens with one attached hydrogen (secondary N) is 2. The summed E-state index contributed by atoms with van der Waals surface area (Å²) in [6.07, 6.45) is 2.63. The maximum Gasteiger partial charge on any atom is 0.341 e. The Bertz CT molecular complexity index is 668. The number of amides is 2. The molecule has 0 heterocycles. The molecule has 0 aliphatic heterocycles. The summed E-state index contributed by atoms with van der Waals surface area (Å²) in [4.78, 5) is 33.1. The van der Waals surface area contributed by atoms with Gasteiger partial charge in [-0.05, 0) is 17.7 Å². The molecule has 128 valence electrons. The number of hydrogen-bond acceptors (Lipinski definition) is 5. The minimum absolute atomic E-state index is 0.0192. The molecule has 10 heteroatoms. The smallest absolute Gasteiger partial charge is 0.341 e. The molecule has 0 bridgehead atoms. The molecule has 2 amide bonds. The summed E-state index contributed by atoms with van der Waals surface area (Å²) in [6.45, 7) is 2.95. The summed E-state index contributed by atoms with van der Waals surface area (Å²) in [5.74, 6) is -2.97. The minimum atomic E-state index is -1.18. The topological polar surface area (TPSA) is 117 Å². The average molecular weight is 374 g/mol. The fraction of sp³-hybridized carbons (Fsp3) is 0.143. The predicted molar refractivity (Wildman–Crippen MR) is 88.5 cm³/mol. The van der Waals surface area contributed by atoms with Crippen molar-refractivity contribution in [2.75, 3.05) is 13.2 Å². The van der Waals surface area contributed by atoms with Crippen LogP contribution in [0.1, 0.15) is 5.56 Å². The molecule has 0 fully saturated rings. The number of carboxylic acid groups (broad SMARTS) is 1. The maximum atomic E-state index is 11.4. The van der Waals surface area contributed by atoms with Crippen molar-refractivity contribution in [1.82, 2.24) is 10.7 Å². The van der Waals surface area contributed by atoms with E-state index >= 15 is 0 Å². The minimum Gasteiger partial charge on any atom is -0.479 e. The Morgan fingerprint density at radius 3 is 2.42 bits per heavy atom. The van der Waals surface area contributed by atoms with Crippen LogP contribution in [0.25, 0.3) is 0 Å². The molecule has 8 nitrogen and oxygen atoms in total. The number of benzene rings is 1. The van der Waals surface area contributed by atoms with Crippen molar-refractivity contribution in [3.05, 3.63) is 40.4 Å². The second-order valence-corrected chi connectivity index (χ2v) is 5.01. The summed E-state index contributed by atoms with van der Waals surface area (Å²) in [5.41, 5.74) is 2.42. The van der Waals surface area contributed by atoms with Gasteiger partial charge in [-0.2, -0.15) is 5.10 Å². The van der Waals surface area contributed by atoms with Gasteiger partial charge in [-0.15, -0.1) is 6.58 Å². The van der Waals surface area contributed by atoms with Crippen LogP contribution < -0.4 is 15.5 Å². The molecule has 0 unspecified atom stereocenters. The number of hydrazone groups is 1. The van der Waals surface area contributed by atoms with Crippen LogP contribution in [-0.4, -0.2) is 42.3 Å². The molecule has 1 aromatic carbocycles. The fourth-order valence-corrected chi connectivity index (χ4v) is 2.00. The van der Waals surface area contributed by atoms with Gasteiger partial charge < -0.3 is 15.2 Å². The van der Waals surface area contributed by atoms with Crippen molar-refractivity contribution >= 4 is 47.2 Å². The third kappa shape index (κ3) is 6.27. The average Bonchev–Trinajstić information content (AvgIpc) is 2.51. The van der Waals surface area contributed by atoms with E-state index in [1.807, 2.05) is 5.43 Å². The molecule has 0 spiro atoms. The molecule has 0 aliphatic rings. The summed E-state index contributed by atoms with van der Waals surface area (Å²) < 4.78 is 4.96. The van der Waals surface area contributed by atoms with E-state index in [1.54, 1.807) is 0 Å². The van der Waals surface area contributed by atoms with E-state index in [4.69, 9.17) is 33.0 Å². The van der Waals surface area contributed by atoms with Gasteiger partial charge in [-0.25, -0.2) is 10.2 Å². The van der Waals surface area contributed by atoms with Crippen LogP contribution in [0.5, 0.6) is 5.75 Å². The molecular formula is C14H13Cl2N3O5. The SMILES string of the molecule is C=CCNC(=O)C(=O)N/N=C\c1cc(Cl)c(OCC(=O)O)c(Cl)c1. The molecular weight excluding hydrogens is 361 g/mol. The molecule has 0 atom stereocenters. The lowest BCUT2D eigenvalue weighted by molar-refractivity contribution is -0.139. The number of rotatable bonds is 7. The number of ether oxygens (including phenoxy) is 1. The van der Waals surface area contributed by atoms with Gasteiger partial charge in [0.2, 0.25) is 0 Å². The fourth-order valence-electron chi connectivity index (χ4n) is 1.39. The van der Waals surface area contributed by atoms with Crippen LogP contribution in [0.15, 0.2) is 29.9 Å². The lowest BCUT2D eigenvalue weighted by Crippen LogP contribution is -2.37. The quantitative estimate of drug-likeness (QED) is 0.287. The molecule has 0 saturated heterocycles. The molecule has 1 rings (SSSR count). The Hall–Kier alpha value is -2.58. The number of aliphatic carboxylic acids is 1. The van der Waals surface area contributed by atoms with Crippen molar-refractivity contribution in [2.45, 2.75) is 0 Å². The van der Waals surface area contributed by atoms with E-state index < -0.39 is 24.4 Å². The highest BCUT2D eigenvalue weighted by atomic mass is 35.5. The Morgan fingerprint density at radius 2 is 1.88 bits per heavy atom. The Balaban J connectivity index is 2.71. The third-order valence-corrected chi connectivity index (χ3v) is 2.91. The Labute approximate surface area is 147 Å². The number of hydrogen-bond donors (Lipinski definition) is 3. The zero-order valence-electron chi connectivity index (χ0n) is 12.2. The highest BCUT2D eigenvalue weighted by molar-refractivity contribution is 6.37. The number of nitrogens with zero attached hydrogens (tertiary/aromatic N) is 1. The van der Waals surface area contributed by atoms with Crippen LogP contribution in [0.3, 0.4) is 0 Å². The molecule has 0 saturated carbocycles. The standard InChI is InChI=1S/C14H13Cl2N3O5/c1-2-3-17-13(22)14(23)19-18-6-8-4-9(15)12(10(16)5-8)24-7-11(20)21/h2,4-6H,1,3,7H2,(H,17,22)(H,19,23)(H,20,21)/b18-6-. The van der Waals surface area contributed by atoms with Crippen LogP contribution in [0, 0.1) is 0 Å². The number of carbonyl (C=O) groups excluding carboxylic acids is 2. The monoisotopic (exact) mass is 373 g/mol. The first-order valence-corrected chi connectivity index (χ1v) is 7.16. The van der Waals surface area contributed by atoms with Crippen molar-refractivity contribution in [3.63, 3.8) is 0 Å². The van der Waals surface area contributed by atoms with E-state index in [0.717, 1.165) is 0 Å². The number of carbonyl (C=O) groups is 3. The molecule has 0 aliphatic carbocycles. The lowest BCUT2D eigenvalue weighted by atomic mass is 10.2. The van der Waals surface area contributed by atoms with Crippen LogP contribution in [-0.2, 0) is 14.4 Å². The van der Waals surface area contributed by atoms with Gasteiger partial charge in [0.05, 0.1) is 16.3 Å². The summed E-state index contributed by atoms with van der Waals surface area (Å²) in [7, 11) is 0. The van der Waals surface area contributed by atoms with Crippen LogP contribution in [0.4, 0.5) is 0 Å². The molecule has 0 aromatic heterocycles. The highest BCUT2D eigenvalue weighted by Crippen LogP contribution is 2.33. The van der Waals surface area contributed by atoms with E-state index in [2.05, 4.69) is 17.0 Å². The normalized spacial score (nSPS) is 10.2. The summed E-state index contributed by atoms with van der Waals surface area (Å²) in [5, 5.41) is 14.6. The van der Waals surface area contributed by atoms with Crippen LogP contribution in [0.2, 0.25) is 10.0 Å². The molecule has 3 N–H and O–H groups in total. The lowest BCUT2D eigenvalue weighted by Gasteiger charge is -2.08. The van der Waals surface area contributed by atoms with E-state index in [9.17, 15) is 14.4 Å². The number of halogens is 2.